The molecule has 116 valence electrons. The van der Waals surface area contributed by atoms with Crippen LogP contribution < -0.4 is 9.47 Å². The second kappa shape index (κ2) is 5.13. The van der Waals surface area contributed by atoms with Crippen LogP contribution in [0.1, 0.15) is 10.5 Å². The van der Waals surface area contributed by atoms with E-state index in [0.29, 0.717) is 27.9 Å². The fraction of sp³-hybridized carbons (Fsp3) is 0.133. The fourth-order valence-electron chi connectivity index (χ4n) is 2.39. The van der Waals surface area contributed by atoms with Crippen molar-refractivity contribution in [3.05, 3.63) is 41.2 Å². The zero-order chi connectivity index (χ0) is 16.0. The lowest BCUT2D eigenvalue weighted by Crippen LogP contribution is -2.10. The maximum Gasteiger partial charge on any atom is 0.356 e. The molecule has 0 atom stereocenters. The number of halogens is 1. The third-order valence-electron chi connectivity index (χ3n) is 3.49. The van der Waals surface area contributed by atoms with E-state index < -0.39 is 5.97 Å². The van der Waals surface area contributed by atoms with E-state index >= 15 is 0 Å². The number of esters is 1. The number of ether oxygens (including phenoxy) is 3. The monoisotopic (exact) mass is 331 g/mol. The number of aromatic nitrogens is 3. The summed E-state index contributed by atoms with van der Waals surface area (Å²) in [7, 11) is 1.31. The summed E-state index contributed by atoms with van der Waals surface area (Å²) < 4.78 is 16.8. The number of methoxy groups -OCH3 is 1. The van der Waals surface area contributed by atoms with Crippen LogP contribution in [-0.2, 0) is 4.74 Å². The van der Waals surface area contributed by atoms with Gasteiger partial charge >= 0.3 is 5.97 Å². The zero-order valence-corrected chi connectivity index (χ0v) is 12.7. The largest absolute Gasteiger partial charge is 0.464 e. The van der Waals surface area contributed by atoms with E-state index in [1.807, 2.05) is 6.07 Å². The smallest absolute Gasteiger partial charge is 0.356 e. The van der Waals surface area contributed by atoms with Crippen LogP contribution in [-0.4, -0.2) is 34.5 Å². The Labute approximate surface area is 135 Å². The van der Waals surface area contributed by atoms with Gasteiger partial charge < -0.3 is 14.2 Å². The predicted molar refractivity (Wildman–Crippen MR) is 80.9 cm³/mol. The van der Waals surface area contributed by atoms with Gasteiger partial charge in [0.15, 0.2) is 22.8 Å². The van der Waals surface area contributed by atoms with Crippen LogP contribution in [0.15, 0.2) is 30.5 Å². The minimum absolute atomic E-state index is 0.188. The minimum Gasteiger partial charge on any atom is -0.464 e. The average molecular weight is 332 g/mol. The maximum absolute atomic E-state index is 12.0. The van der Waals surface area contributed by atoms with Crippen LogP contribution in [0, 0.1) is 0 Å². The first-order valence-corrected chi connectivity index (χ1v) is 7.08. The summed E-state index contributed by atoms with van der Waals surface area (Å²) in [6, 6.07) is 7.02. The summed E-state index contributed by atoms with van der Waals surface area (Å²) in [4.78, 5) is 16.5. The summed E-state index contributed by atoms with van der Waals surface area (Å²) in [6.45, 7) is 0.188. The van der Waals surface area contributed by atoms with Crippen molar-refractivity contribution in [1.29, 1.82) is 0 Å². The van der Waals surface area contributed by atoms with Crippen molar-refractivity contribution >= 4 is 23.2 Å². The van der Waals surface area contributed by atoms with Gasteiger partial charge in [-0.05, 0) is 24.3 Å². The molecule has 0 saturated heterocycles. The molecule has 3 heterocycles. The molecule has 0 radical (unpaired) electrons. The van der Waals surface area contributed by atoms with Crippen molar-refractivity contribution in [3.63, 3.8) is 0 Å². The highest BCUT2D eigenvalue weighted by Crippen LogP contribution is 2.36. The third-order valence-corrected chi connectivity index (χ3v) is 3.76. The Morgan fingerprint density at radius 3 is 2.96 bits per heavy atom. The fourth-order valence-corrected chi connectivity index (χ4v) is 2.56. The Balaban J connectivity index is 1.93. The molecule has 2 aromatic heterocycles. The van der Waals surface area contributed by atoms with E-state index in [2.05, 4.69) is 10.1 Å². The minimum atomic E-state index is -0.529. The molecule has 0 aliphatic carbocycles. The van der Waals surface area contributed by atoms with Gasteiger partial charge in [-0.2, -0.15) is 5.10 Å². The van der Waals surface area contributed by atoms with Gasteiger partial charge in [-0.15, -0.1) is 0 Å². The summed E-state index contributed by atoms with van der Waals surface area (Å²) in [6.07, 6.45) is 1.43. The first-order chi connectivity index (χ1) is 11.2. The highest BCUT2D eigenvalue weighted by atomic mass is 35.5. The van der Waals surface area contributed by atoms with Crippen molar-refractivity contribution in [3.8, 4) is 22.8 Å². The summed E-state index contributed by atoms with van der Waals surface area (Å²) in [5.74, 6) is 0.771. The van der Waals surface area contributed by atoms with E-state index in [1.165, 1.54) is 17.8 Å². The Morgan fingerprint density at radius 2 is 2.13 bits per heavy atom. The van der Waals surface area contributed by atoms with Crippen LogP contribution in [0.25, 0.3) is 16.9 Å². The molecule has 1 aliphatic rings. The van der Waals surface area contributed by atoms with Crippen LogP contribution in [0.5, 0.6) is 11.5 Å². The number of carbonyl (C=O) groups is 1. The molecule has 1 aromatic carbocycles. The van der Waals surface area contributed by atoms with Crippen LogP contribution >= 0.6 is 11.6 Å². The molecule has 3 aromatic rings. The van der Waals surface area contributed by atoms with Gasteiger partial charge in [-0.1, -0.05) is 11.6 Å². The first-order valence-electron chi connectivity index (χ1n) is 6.70. The number of nitrogens with zero attached hydrogens (tertiary/aromatic N) is 3. The number of carbonyl (C=O) groups excluding carboxylic acids is 1. The molecule has 0 unspecified atom stereocenters. The second-order valence-electron chi connectivity index (χ2n) is 4.81. The van der Waals surface area contributed by atoms with Crippen LogP contribution in [0.3, 0.4) is 0 Å². The molecule has 0 N–H and O–H groups in total. The molecule has 23 heavy (non-hydrogen) atoms. The summed E-state index contributed by atoms with van der Waals surface area (Å²) in [5, 5.41) is 4.40. The van der Waals surface area contributed by atoms with Crippen molar-refractivity contribution in [2.24, 2.45) is 0 Å². The molecule has 0 fully saturated rings. The molecular weight excluding hydrogens is 322 g/mol. The van der Waals surface area contributed by atoms with Crippen molar-refractivity contribution in [2.75, 3.05) is 13.9 Å². The Kier molecular flexibility index (Phi) is 3.09. The topological polar surface area (TPSA) is 75.0 Å². The normalized spacial score (nSPS) is 12.6. The van der Waals surface area contributed by atoms with Gasteiger partial charge in [0, 0.05) is 5.56 Å². The van der Waals surface area contributed by atoms with Gasteiger partial charge in [0.2, 0.25) is 6.79 Å². The van der Waals surface area contributed by atoms with E-state index in [1.54, 1.807) is 18.2 Å². The molecular formula is C15H10ClN3O4. The lowest BCUT2D eigenvalue weighted by atomic mass is 10.1. The van der Waals surface area contributed by atoms with Crippen LogP contribution in [0.4, 0.5) is 0 Å². The van der Waals surface area contributed by atoms with E-state index in [4.69, 9.17) is 25.8 Å². The Morgan fingerprint density at radius 1 is 1.30 bits per heavy atom. The second-order valence-corrected chi connectivity index (χ2v) is 5.22. The zero-order valence-electron chi connectivity index (χ0n) is 11.9. The number of benzene rings is 1. The number of rotatable bonds is 2. The number of hydrogen-bond acceptors (Lipinski definition) is 6. The molecule has 1 aliphatic heterocycles. The quantitative estimate of drug-likeness (QED) is 0.672. The molecule has 0 saturated carbocycles. The van der Waals surface area contributed by atoms with Gasteiger partial charge in [0.05, 0.1) is 19.0 Å². The SMILES string of the molecule is COC(=O)c1cc(-c2ccc3c(c2)OCO3)nc2c(Cl)cnn12. The Hall–Kier alpha value is -2.80. The van der Waals surface area contributed by atoms with E-state index in [-0.39, 0.29) is 12.5 Å². The van der Waals surface area contributed by atoms with Crippen molar-refractivity contribution < 1.29 is 19.0 Å². The first kappa shape index (κ1) is 13.8. The predicted octanol–water partition coefficient (Wildman–Crippen LogP) is 2.57. The maximum atomic E-state index is 12.0. The van der Waals surface area contributed by atoms with Gasteiger partial charge in [0.25, 0.3) is 0 Å². The Bertz CT molecular complexity index is 938. The highest BCUT2D eigenvalue weighted by Gasteiger charge is 2.19. The lowest BCUT2D eigenvalue weighted by molar-refractivity contribution is 0.0590. The summed E-state index contributed by atoms with van der Waals surface area (Å²) in [5.41, 5.74) is 1.93. The molecule has 0 amide bonds. The van der Waals surface area contributed by atoms with Gasteiger partial charge in [-0.3, -0.25) is 0 Å². The van der Waals surface area contributed by atoms with Crippen molar-refractivity contribution in [1.82, 2.24) is 14.6 Å². The molecule has 7 nitrogen and oxygen atoms in total. The van der Waals surface area contributed by atoms with Crippen LogP contribution in [0.2, 0.25) is 5.02 Å². The standard InChI is InChI=1S/C15H10ClN3O4/c1-21-15(20)11-5-10(18-14-9(16)6-17-19(11)14)8-2-3-12-13(4-8)23-7-22-12/h2-6H,7H2,1H3. The third kappa shape index (κ3) is 2.17. The van der Waals surface area contributed by atoms with Gasteiger partial charge in [0.1, 0.15) is 5.02 Å². The molecule has 4 rings (SSSR count). The molecule has 8 heteroatoms. The van der Waals surface area contributed by atoms with Crippen molar-refractivity contribution in [2.45, 2.75) is 0 Å². The van der Waals surface area contributed by atoms with E-state index in [9.17, 15) is 4.79 Å². The number of hydrogen-bond donors (Lipinski definition) is 0. The molecule has 0 bridgehead atoms. The molecule has 0 spiro atoms. The van der Waals surface area contributed by atoms with E-state index in [0.717, 1.165) is 5.56 Å². The lowest BCUT2D eigenvalue weighted by Gasteiger charge is -2.07. The summed E-state index contributed by atoms with van der Waals surface area (Å²) >= 11 is 6.10. The number of fused-ring (bicyclic) bond motifs is 2. The van der Waals surface area contributed by atoms with Gasteiger partial charge in [-0.25, -0.2) is 14.3 Å². The average Bonchev–Trinajstić information content (AvgIpc) is 3.19. The highest BCUT2D eigenvalue weighted by molar-refractivity contribution is 6.33.